The lowest BCUT2D eigenvalue weighted by atomic mass is 10.1. The number of nitrogens with two attached hydrogens (primary N) is 1. The van der Waals surface area contributed by atoms with E-state index in [1.165, 1.54) is 11.9 Å². The van der Waals surface area contributed by atoms with Crippen LogP contribution in [0.3, 0.4) is 0 Å². The molecule has 26 heavy (non-hydrogen) atoms. The summed E-state index contributed by atoms with van der Waals surface area (Å²) in [5.41, 5.74) is 8.66. The van der Waals surface area contributed by atoms with E-state index in [0.29, 0.717) is 16.4 Å². The van der Waals surface area contributed by atoms with Gasteiger partial charge in [0.2, 0.25) is 0 Å². The second-order valence-corrected chi connectivity index (χ2v) is 7.25. The van der Waals surface area contributed by atoms with Gasteiger partial charge >= 0.3 is 0 Å². The third kappa shape index (κ3) is 3.52. The number of nitrogens with zero attached hydrogens (tertiary/aromatic N) is 4. The average molecular weight is 382 g/mol. The minimum Gasteiger partial charge on any atom is -0.382 e. The van der Waals surface area contributed by atoms with Crippen LogP contribution >= 0.6 is 23.4 Å². The Morgan fingerprint density at radius 2 is 1.77 bits per heavy atom. The second kappa shape index (κ2) is 7.35. The maximum atomic E-state index is 6.01. The van der Waals surface area contributed by atoms with E-state index in [2.05, 4.69) is 31.7 Å². The molecule has 0 aliphatic carbocycles. The summed E-state index contributed by atoms with van der Waals surface area (Å²) in [6, 6.07) is 18.0. The Balaban J connectivity index is 1.70. The van der Waals surface area contributed by atoms with Gasteiger partial charge in [-0.3, -0.25) is 0 Å². The van der Waals surface area contributed by atoms with Crippen LogP contribution in [0.2, 0.25) is 5.02 Å². The van der Waals surface area contributed by atoms with Crippen molar-refractivity contribution in [2.75, 3.05) is 5.73 Å². The fraction of sp³-hybridized carbons (Fsp3) is 0.105. The van der Waals surface area contributed by atoms with Gasteiger partial charge in [0, 0.05) is 16.5 Å². The lowest BCUT2D eigenvalue weighted by Crippen LogP contribution is -2.04. The number of anilines is 1. The van der Waals surface area contributed by atoms with Gasteiger partial charge < -0.3 is 10.3 Å². The molecule has 0 saturated carbocycles. The molecule has 0 aliphatic rings. The number of rotatable bonds is 5. The van der Waals surface area contributed by atoms with Gasteiger partial charge in [-0.2, -0.15) is 0 Å². The Morgan fingerprint density at radius 1 is 1.00 bits per heavy atom. The van der Waals surface area contributed by atoms with Crippen LogP contribution in [0.4, 0.5) is 5.82 Å². The fourth-order valence-electron chi connectivity index (χ4n) is 2.71. The van der Waals surface area contributed by atoms with Gasteiger partial charge in [0.05, 0.1) is 0 Å². The third-order valence-corrected chi connectivity index (χ3v) is 5.27. The van der Waals surface area contributed by atoms with Gasteiger partial charge in [-0.15, -0.1) is 0 Å². The summed E-state index contributed by atoms with van der Waals surface area (Å²) in [7, 11) is 0. The van der Waals surface area contributed by atoms with Crippen molar-refractivity contribution >= 4 is 40.3 Å². The highest BCUT2D eigenvalue weighted by Crippen LogP contribution is 2.31. The standard InChI is InChI=1S/C19H16ClN5S/c20-14-6-8-15(9-7-14)26-19-24-16-17(21)22-12-23-18(16)25(19)11-10-13-4-2-1-3-5-13/h1-9,12H,10-11H2,(H2,21,22,23). The van der Waals surface area contributed by atoms with E-state index in [-0.39, 0.29) is 0 Å². The minimum absolute atomic E-state index is 0.395. The molecule has 4 aromatic rings. The molecule has 2 N–H and O–H groups in total. The molecule has 7 heteroatoms. The summed E-state index contributed by atoms with van der Waals surface area (Å²) in [4.78, 5) is 14.2. The number of hydrogen-bond donors (Lipinski definition) is 1. The fourth-order valence-corrected chi connectivity index (χ4v) is 3.74. The summed E-state index contributed by atoms with van der Waals surface area (Å²) < 4.78 is 2.10. The first-order chi connectivity index (χ1) is 12.7. The normalized spacial score (nSPS) is 11.1. The van der Waals surface area contributed by atoms with Crippen LogP contribution in [-0.2, 0) is 13.0 Å². The van der Waals surface area contributed by atoms with Crippen LogP contribution in [0.5, 0.6) is 0 Å². The number of aryl methyl sites for hydroxylation is 2. The van der Waals surface area contributed by atoms with Crippen molar-refractivity contribution in [3.05, 3.63) is 71.5 Å². The van der Waals surface area contributed by atoms with Crippen LogP contribution in [0.25, 0.3) is 11.2 Å². The maximum absolute atomic E-state index is 6.01. The minimum atomic E-state index is 0.395. The maximum Gasteiger partial charge on any atom is 0.175 e. The van der Waals surface area contributed by atoms with Crippen molar-refractivity contribution in [3.63, 3.8) is 0 Å². The molecule has 0 amide bonds. The summed E-state index contributed by atoms with van der Waals surface area (Å²) >= 11 is 7.55. The monoisotopic (exact) mass is 381 g/mol. The molecular formula is C19H16ClN5S. The molecule has 0 aliphatic heterocycles. The predicted molar refractivity (Wildman–Crippen MR) is 105 cm³/mol. The van der Waals surface area contributed by atoms with Crippen molar-refractivity contribution < 1.29 is 0 Å². The quantitative estimate of drug-likeness (QED) is 0.552. The Morgan fingerprint density at radius 3 is 2.54 bits per heavy atom. The van der Waals surface area contributed by atoms with Crippen LogP contribution in [0, 0.1) is 0 Å². The number of imidazole rings is 1. The largest absolute Gasteiger partial charge is 0.382 e. The molecular weight excluding hydrogens is 366 g/mol. The first-order valence-corrected chi connectivity index (χ1v) is 9.34. The van der Waals surface area contributed by atoms with E-state index < -0.39 is 0 Å². The van der Waals surface area contributed by atoms with Crippen LogP contribution in [-0.4, -0.2) is 19.5 Å². The highest BCUT2D eigenvalue weighted by atomic mass is 35.5. The van der Waals surface area contributed by atoms with Gasteiger partial charge in [-0.25, -0.2) is 15.0 Å². The van der Waals surface area contributed by atoms with E-state index in [1.54, 1.807) is 11.8 Å². The topological polar surface area (TPSA) is 69.6 Å². The highest BCUT2D eigenvalue weighted by molar-refractivity contribution is 7.99. The van der Waals surface area contributed by atoms with E-state index in [4.69, 9.17) is 17.3 Å². The summed E-state index contributed by atoms with van der Waals surface area (Å²) in [5.74, 6) is 0.395. The smallest absolute Gasteiger partial charge is 0.175 e. The SMILES string of the molecule is Nc1ncnc2c1nc(Sc1ccc(Cl)cc1)n2CCc1ccccc1. The number of hydrogen-bond acceptors (Lipinski definition) is 5. The summed E-state index contributed by atoms with van der Waals surface area (Å²) in [6.45, 7) is 0.757. The van der Waals surface area contributed by atoms with E-state index >= 15 is 0 Å². The van der Waals surface area contributed by atoms with Crippen LogP contribution in [0.1, 0.15) is 5.56 Å². The van der Waals surface area contributed by atoms with E-state index in [0.717, 1.165) is 28.7 Å². The molecule has 2 aromatic heterocycles. The van der Waals surface area contributed by atoms with Crippen LogP contribution < -0.4 is 5.73 Å². The average Bonchev–Trinajstić information content (AvgIpc) is 3.01. The van der Waals surface area contributed by atoms with Crippen molar-refractivity contribution in [1.29, 1.82) is 0 Å². The molecule has 0 fully saturated rings. The van der Waals surface area contributed by atoms with Crippen LogP contribution in [0.15, 0.2) is 71.0 Å². The predicted octanol–water partition coefficient (Wildman–Crippen LogP) is 4.46. The van der Waals surface area contributed by atoms with Gasteiger partial charge in [-0.1, -0.05) is 53.7 Å². The van der Waals surface area contributed by atoms with Gasteiger partial charge in [-0.05, 0) is 36.2 Å². The highest BCUT2D eigenvalue weighted by Gasteiger charge is 2.16. The molecule has 4 rings (SSSR count). The second-order valence-electron chi connectivity index (χ2n) is 5.77. The Labute approximate surface area is 160 Å². The van der Waals surface area contributed by atoms with Gasteiger partial charge in [0.25, 0.3) is 0 Å². The van der Waals surface area contributed by atoms with Gasteiger partial charge in [0.1, 0.15) is 6.33 Å². The van der Waals surface area contributed by atoms with E-state index in [9.17, 15) is 0 Å². The number of halogens is 1. The molecule has 0 radical (unpaired) electrons. The number of nitrogen functional groups attached to an aromatic ring is 1. The zero-order chi connectivity index (χ0) is 17.9. The van der Waals surface area contributed by atoms with Crippen molar-refractivity contribution in [2.24, 2.45) is 0 Å². The van der Waals surface area contributed by atoms with Gasteiger partial charge in [0.15, 0.2) is 22.1 Å². The summed E-state index contributed by atoms with van der Waals surface area (Å²) in [6.07, 6.45) is 2.36. The molecule has 0 unspecified atom stereocenters. The van der Waals surface area contributed by atoms with Crippen molar-refractivity contribution in [1.82, 2.24) is 19.5 Å². The first-order valence-electron chi connectivity index (χ1n) is 8.15. The molecule has 2 aromatic carbocycles. The Hall–Kier alpha value is -2.57. The zero-order valence-electron chi connectivity index (χ0n) is 13.8. The molecule has 2 heterocycles. The summed E-state index contributed by atoms with van der Waals surface area (Å²) in [5, 5.41) is 1.55. The molecule has 0 atom stereocenters. The zero-order valence-corrected chi connectivity index (χ0v) is 15.4. The number of benzene rings is 2. The molecule has 0 bridgehead atoms. The number of aromatic nitrogens is 4. The third-order valence-electron chi connectivity index (χ3n) is 4.01. The van der Waals surface area contributed by atoms with Crippen molar-refractivity contribution in [3.8, 4) is 0 Å². The van der Waals surface area contributed by atoms with Crippen molar-refractivity contribution in [2.45, 2.75) is 23.0 Å². The lowest BCUT2D eigenvalue weighted by molar-refractivity contribution is 0.647. The number of fused-ring (bicyclic) bond motifs is 1. The molecule has 0 saturated heterocycles. The van der Waals surface area contributed by atoms with E-state index in [1.807, 2.05) is 42.5 Å². The Bertz CT molecular complexity index is 1030. The first kappa shape index (κ1) is 16.9. The Kier molecular flexibility index (Phi) is 4.77. The molecule has 5 nitrogen and oxygen atoms in total. The lowest BCUT2D eigenvalue weighted by Gasteiger charge is -2.08. The molecule has 130 valence electrons. The molecule has 0 spiro atoms.